The lowest BCUT2D eigenvalue weighted by molar-refractivity contribution is -0.774. The normalized spacial score (nSPS) is 18.9. The van der Waals surface area contributed by atoms with E-state index >= 15 is 0 Å². The van der Waals surface area contributed by atoms with E-state index in [2.05, 4.69) is 9.68 Å². The summed E-state index contributed by atoms with van der Waals surface area (Å²) in [6.07, 6.45) is -7.44. The van der Waals surface area contributed by atoms with Crippen LogP contribution < -0.4 is 14.9 Å². The summed E-state index contributed by atoms with van der Waals surface area (Å²) in [5.41, 5.74) is -5.58. The molecule has 23 nitrogen and oxygen atoms in total. The van der Waals surface area contributed by atoms with Gasteiger partial charge in [0, 0.05) is 27.7 Å². The predicted molar refractivity (Wildman–Crippen MR) is 194 cm³/mol. The van der Waals surface area contributed by atoms with Crippen LogP contribution in [0.5, 0.6) is 11.5 Å². The highest BCUT2D eigenvalue weighted by molar-refractivity contribution is 5.89. The Kier molecular flexibility index (Phi) is 13.8. The van der Waals surface area contributed by atoms with Gasteiger partial charge in [-0.05, 0) is 57.5 Å². The third kappa shape index (κ3) is 10.9. The highest BCUT2D eigenvalue weighted by atomic mass is 17.0. The van der Waals surface area contributed by atoms with Crippen molar-refractivity contribution in [2.24, 2.45) is 0 Å². The lowest BCUT2D eigenvalue weighted by atomic mass is 9.89. The molecule has 1 saturated heterocycles. The van der Waals surface area contributed by atoms with E-state index in [4.69, 9.17) is 37.6 Å². The molecule has 4 rings (SSSR count). The van der Waals surface area contributed by atoms with E-state index < -0.39 is 105 Å². The minimum Gasteiger partial charge on any atom is -0.463 e. The molecule has 1 aliphatic heterocycles. The average Bonchev–Trinajstić information content (AvgIpc) is 3.11. The summed E-state index contributed by atoms with van der Waals surface area (Å²) >= 11 is 0. The molecule has 0 spiro atoms. The summed E-state index contributed by atoms with van der Waals surface area (Å²) in [6.45, 7) is 7.68. The van der Waals surface area contributed by atoms with Crippen LogP contribution in [0.1, 0.15) is 67.1 Å². The molecule has 0 radical (unpaired) electrons. The van der Waals surface area contributed by atoms with Crippen LogP contribution in [-0.2, 0) is 62.1 Å². The zero-order valence-corrected chi connectivity index (χ0v) is 33.1. The summed E-state index contributed by atoms with van der Waals surface area (Å²) < 4.78 is 44.8. The maximum Gasteiger partial charge on any atom is 0.343 e. The predicted octanol–water partition coefficient (Wildman–Crippen LogP) is 3.04. The first-order valence-electron chi connectivity index (χ1n) is 17.5. The van der Waals surface area contributed by atoms with Crippen molar-refractivity contribution in [3.8, 4) is 22.6 Å². The molecule has 60 heavy (non-hydrogen) atoms. The molecule has 2 heterocycles. The first kappa shape index (κ1) is 45.5. The van der Waals surface area contributed by atoms with E-state index in [0.717, 1.165) is 73.8 Å². The third-order valence-corrected chi connectivity index (χ3v) is 8.38. The molecule has 322 valence electrons. The Morgan fingerprint density at radius 2 is 1.22 bits per heavy atom. The van der Waals surface area contributed by atoms with E-state index in [1.165, 1.54) is 24.3 Å². The Morgan fingerprint density at radius 3 is 1.73 bits per heavy atom. The van der Waals surface area contributed by atoms with Gasteiger partial charge in [-0.2, -0.15) is 0 Å². The van der Waals surface area contributed by atoms with Crippen LogP contribution in [0.3, 0.4) is 0 Å². The molecule has 2 aromatic carbocycles. The van der Waals surface area contributed by atoms with Gasteiger partial charge in [0.25, 0.3) is 10.2 Å². The second kappa shape index (κ2) is 18.2. The molecule has 1 fully saturated rings. The topological polar surface area (TPSA) is 302 Å². The fourth-order valence-corrected chi connectivity index (χ4v) is 5.82. The number of carbonyl (C=O) groups is 6. The molecule has 23 heteroatoms. The molecule has 0 unspecified atom stereocenters. The smallest absolute Gasteiger partial charge is 0.343 e. The first-order valence-corrected chi connectivity index (χ1v) is 17.5. The van der Waals surface area contributed by atoms with Gasteiger partial charge in [0.15, 0.2) is 18.3 Å². The number of hydrogen-bond acceptors (Lipinski definition) is 21. The van der Waals surface area contributed by atoms with Gasteiger partial charge in [-0.25, -0.2) is 9.59 Å². The van der Waals surface area contributed by atoms with E-state index in [1.807, 2.05) is 0 Å². The van der Waals surface area contributed by atoms with Crippen molar-refractivity contribution in [2.75, 3.05) is 6.61 Å². The van der Waals surface area contributed by atoms with E-state index in [9.17, 15) is 53.8 Å². The van der Waals surface area contributed by atoms with Crippen molar-refractivity contribution >= 4 is 46.8 Å². The largest absolute Gasteiger partial charge is 0.463 e. The van der Waals surface area contributed by atoms with Crippen molar-refractivity contribution < 1.29 is 86.2 Å². The lowest BCUT2D eigenvalue weighted by Gasteiger charge is -2.44. The van der Waals surface area contributed by atoms with Crippen molar-refractivity contribution in [3.63, 3.8) is 0 Å². The third-order valence-electron chi connectivity index (χ3n) is 8.38. The van der Waals surface area contributed by atoms with Gasteiger partial charge in [-0.15, -0.1) is 20.2 Å². The van der Waals surface area contributed by atoms with Gasteiger partial charge in [-0.1, -0.05) is 12.1 Å². The molecule has 1 aromatic heterocycles. The van der Waals surface area contributed by atoms with Gasteiger partial charge in [0.1, 0.15) is 42.2 Å². The molecule has 1 aliphatic rings. The molecular formula is C37H38N2O21. The van der Waals surface area contributed by atoms with Crippen LogP contribution in [0.15, 0.2) is 51.9 Å². The summed E-state index contributed by atoms with van der Waals surface area (Å²) in [4.78, 5) is 120. The second-order valence-electron chi connectivity index (χ2n) is 13.9. The summed E-state index contributed by atoms with van der Waals surface area (Å²) in [7, 11) is 0. The van der Waals surface area contributed by atoms with Crippen LogP contribution in [0.2, 0.25) is 0 Å². The van der Waals surface area contributed by atoms with Crippen LogP contribution in [0, 0.1) is 20.2 Å². The van der Waals surface area contributed by atoms with Gasteiger partial charge < -0.3 is 37.6 Å². The Hall–Kier alpha value is -7.17. The summed E-state index contributed by atoms with van der Waals surface area (Å²) in [5.74, 6) is -6.70. The molecule has 3 aromatic rings. The average molecular weight is 847 g/mol. The van der Waals surface area contributed by atoms with Gasteiger partial charge in [0.05, 0.1) is 16.5 Å². The number of esters is 6. The Bertz CT molecular complexity index is 2260. The molecular weight excluding hydrogens is 808 g/mol. The van der Waals surface area contributed by atoms with Crippen molar-refractivity contribution in [2.45, 2.75) is 97.1 Å². The fourth-order valence-electron chi connectivity index (χ4n) is 5.82. The number of hydrogen-bond donors (Lipinski definition) is 0. The van der Waals surface area contributed by atoms with Crippen molar-refractivity contribution in [1.29, 1.82) is 0 Å². The van der Waals surface area contributed by atoms with Gasteiger partial charge in [-0.3, -0.25) is 33.6 Å². The van der Waals surface area contributed by atoms with Gasteiger partial charge in [0.2, 0.25) is 16.6 Å². The summed E-state index contributed by atoms with van der Waals surface area (Å²) in [6, 6.07) is 7.52. The maximum atomic E-state index is 14.2. The fraction of sp³-hybridized carbons (Fsp3) is 0.432. The van der Waals surface area contributed by atoms with Crippen LogP contribution in [0.25, 0.3) is 22.1 Å². The van der Waals surface area contributed by atoms with Crippen molar-refractivity contribution in [1.82, 2.24) is 0 Å². The highest BCUT2D eigenvalue weighted by Crippen LogP contribution is 2.44. The molecule has 0 bridgehead atoms. The van der Waals surface area contributed by atoms with Gasteiger partial charge >= 0.3 is 35.8 Å². The van der Waals surface area contributed by atoms with E-state index in [0.29, 0.717) is 0 Å². The maximum absolute atomic E-state index is 14.2. The quantitative estimate of drug-likeness (QED) is 0.0697. The Labute approximate surface area is 337 Å². The van der Waals surface area contributed by atoms with Crippen LogP contribution >= 0.6 is 0 Å². The van der Waals surface area contributed by atoms with Crippen molar-refractivity contribution in [3.05, 3.63) is 78.7 Å². The summed E-state index contributed by atoms with van der Waals surface area (Å²) in [5, 5.41) is 19.4. The number of rotatable bonds is 15. The monoisotopic (exact) mass is 846 g/mol. The molecule has 0 N–H and O–H groups in total. The standard InChI is InChI=1S/C37H38N2O21/c1-17(40)51-16-26-30(53-18(2)41)32(54-19(3)42)33(55-20(4)43)31(57-26)27-25(58-35(46)37(7,8)60-39(49)50)14-13-23-28(44)24(15-52-29(23)27)21-9-11-22(12-10-21)56-34(45)36(5,6)59-38(47)48/h9-15,26,30-33H,16H2,1-8H3/t26-,30-,31+,32+,33+/m1/s1. The Balaban J connectivity index is 1.95. The SMILES string of the molecule is CC(=O)OC[C@H]1O[C@@H](c2c(OC(=O)C(C)(C)O[N+](=O)[O-])ccc3c(=O)c(-c4ccc(OC(=O)C(C)(C)O[N+](=O)[O-])cc4)coc23)[C@H](OC(C)=O)[C@@H](OC(C)=O)[C@@H]1OC(C)=O. The second-order valence-corrected chi connectivity index (χ2v) is 13.9. The van der Waals surface area contributed by atoms with E-state index in [-0.39, 0.29) is 33.4 Å². The number of carbonyl (C=O) groups excluding carboxylic acids is 6. The number of fused-ring (bicyclic) bond motifs is 1. The zero-order chi connectivity index (χ0) is 44.9. The zero-order valence-electron chi connectivity index (χ0n) is 33.1. The number of benzene rings is 2. The number of nitrogens with zero attached hydrogens (tertiary/aromatic N) is 2. The van der Waals surface area contributed by atoms with E-state index in [1.54, 1.807) is 0 Å². The van der Waals surface area contributed by atoms with Crippen LogP contribution in [0.4, 0.5) is 0 Å². The lowest BCUT2D eigenvalue weighted by Crippen LogP contribution is -2.59. The molecule has 5 atom stereocenters. The highest BCUT2D eigenvalue weighted by Gasteiger charge is 2.54. The number of ether oxygens (including phenoxy) is 7. The molecule has 0 aliphatic carbocycles. The minimum atomic E-state index is -2.24. The Morgan fingerprint density at radius 1 is 0.700 bits per heavy atom. The molecule has 0 saturated carbocycles. The minimum absolute atomic E-state index is 0.0738. The molecule has 0 amide bonds. The first-order chi connectivity index (χ1) is 27.9. The van der Waals surface area contributed by atoms with Crippen LogP contribution in [-0.4, -0.2) is 88.2 Å².